The predicted octanol–water partition coefficient (Wildman–Crippen LogP) is 3.41. The number of rotatable bonds is 9. The van der Waals surface area contributed by atoms with Gasteiger partial charge in [-0.15, -0.1) is 0 Å². The maximum atomic E-state index is 12.8. The number of nitrogens with zero attached hydrogens (tertiary/aromatic N) is 2. The topological polar surface area (TPSA) is 128 Å². The monoisotopic (exact) mass is 445 g/mol. The van der Waals surface area contributed by atoms with Crippen molar-refractivity contribution in [3.05, 3.63) is 59.6 Å². The Bertz CT molecular complexity index is 1040. The lowest BCUT2D eigenvalue weighted by Crippen LogP contribution is -2.30. The summed E-state index contributed by atoms with van der Waals surface area (Å²) in [4.78, 5) is 4.29. The van der Waals surface area contributed by atoms with Crippen molar-refractivity contribution in [3.8, 4) is 23.1 Å². The molecule has 1 aromatic carbocycles. The number of hydrogen-bond acceptors (Lipinski definition) is 7. The number of pyridine rings is 1. The van der Waals surface area contributed by atoms with Gasteiger partial charge in [-0.05, 0) is 37.1 Å². The largest absolute Gasteiger partial charge is 0.441 e. The number of halogens is 3. The maximum Gasteiger partial charge on any atom is 0.405 e. The highest BCUT2D eigenvalue weighted by Crippen LogP contribution is 2.33. The number of nitrogens with one attached hydrogen (secondary N) is 2. The minimum absolute atomic E-state index is 0.00869. The van der Waals surface area contributed by atoms with E-state index in [4.69, 9.17) is 15.9 Å². The number of nitrogens with two attached hydrogens (primary N) is 1. The van der Waals surface area contributed by atoms with Gasteiger partial charge in [-0.25, -0.2) is 0 Å². The molecule has 7 nitrogen and oxygen atoms in total. The molecule has 3 rings (SSSR count). The Hall–Kier alpha value is -3.42. The van der Waals surface area contributed by atoms with Crippen LogP contribution < -0.4 is 15.8 Å². The summed E-state index contributed by atoms with van der Waals surface area (Å²) >= 11 is 0. The van der Waals surface area contributed by atoms with Crippen molar-refractivity contribution in [2.45, 2.75) is 25.1 Å². The molecule has 0 bridgehead atoms. The van der Waals surface area contributed by atoms with Crippen molar-refractivity contribution in [2.24, 2.45) is 11.7 Å². The summed E-state index contributed by atoms with van der Waals surface area (Å²) in [6.07, 6.45) is -1.06. The van der Waals surface area contributed by atoms with E-state index >= 15 is 0 Å². The standard InChI is InChI=1S/C22H22F3N5O2/c23-22(24,25)12-30-21(8-17(28)14-2-3-14)32-20-7-13(9-26)1-5-16(20)18-6-4-15(11-29-18)19(31)10-27/h1,4-8,11,14,19,28,30-31H,2-3,10,12,27H2/b21-8+,28-17?. The Morgan fingerprint density at radius 2 is 2.12 bits per heavy atom. The number of aliphatic hydroxyl groups excluding tert-OH is 1. The van der Waals surface area contributed by atoms with E-state index in [9.17, 15) is 23.5 Å². The van der Waals surface area contributed by atoms with E-state index in [1.807, 2.05) is 6.07 Å². The molecule has 0 radical (unpaired) electrons. The second-order valence-electron chi connectivity index (χ2n) is 7.36. The van der Waals surface area contributed by atoms with Crippen LogP contribution in [0.25, 0.3) is 11.3 Å². The Morgan fingerprint density at radius 3 is 2.69 bits per heavy atom. The zero-order valence-corrected chi connectivity index (χ0v) is 17.0. The fourth-order valence-electron chi connectivity index (χ4n) is 2.86. The Kier molecular flexibility index (Phi) is 7.12. The third kappa shape index (κ3) is 6.29. The van der Waals surface area contributed by atoms with Crippen LogP contribution >= 0.6 is 0 Å². The molecule has 32 heavy (non-hydrogen) atoms. The van der Waals surface area contributed by atoms with Gasteiger partial charge in [0, 0.05) is 41.6 Å². The Labute approximate surface area is 182 Å². The number of allylic oxidation sites excluding steroid dienone is 1. The van der Waals surface area contributed by atoms with Gasteiger partial charge in [-0.2, -0.15) is 18.4 Å². The average molecular weight is 445 g/mol. The molecule has 10 heteroatoms. The van der Waals surface area contributed by atoms with Gasteiger partial charge in [0.25, 0.3) is 0 Å². The molecule has 168 valence electrons. The van der Waals surface area contributed by atoms with Crippen LogP contribution in [0.15, 0.2) is 48.5 Å². The van der Waals surface area contributed by atoms with E-state index in [1.165, 1.54) is 24.4 Å². The van der Waals surface area contributed by atoms with E-state index < -0.39 is 18.8 Å². The molecule has 1 fully saturated rings. The van der Waals surface area contributed by atoms with Gasteiger partial charge < -0.3 is 26.3 Å². The van der Waals surface area contributed by atoms with Crippen LogP contribution in [0.5, 0.6) is 5.75 Å². The van der Waals surface area contributed by atoms with E-state index in [2.05, 4.69) is 10.3 Å². The van der Waals surface area contributed by atoms with Gasteiger partial charge in [0.2, 0.25) is 0 Å². The third-order valence-corrected chi connectivity index (χ3v) is 4.77. The van der Waals surface area contributed by atoms with Crippen LogP contribution in [0, 0.1) is 22.7 Å². The Balaban J connectivity index is 1.94. The summed E-state index contributed by atoms with van der Waals surface area (Å²) in [5.74, 6) is -0.131. The number of hydrogen-bond donors (Lipinski definition) is 4. The SMILES string of the molecule is N#Cc1ccc(-c2ccc(C(O)CN)cn2)c(O/C(=C/C(=N)C2CC2)NCC(F)(F)F)c1. The third-order valence-electron chi connectivity index (χ3n) is 4.77. The quantitative estimate of drug-likeness (QED) is 0.346. The molecule has 1 unspecified atom stereocenters. The highest BCUT2D eigenvalue weighted by molar-refractivity contribution is 5.96. The zero-order valence-electron chi connectivity index (χ0n) is 17.0. The number of aromatic nitrogens is 1. The molecule has 0 aliphatic heterocycles. The molecular weight excluding hydrogens is 423 g/mol. The molecule has 0 saturated heterocycles. The lowest BCUT2D eigenvalue weighted by Gasteiger charge is -2.17. The summed E-state index contributed by atoms with van der Waals surface area (Å²) in [6.45, 7) is -1.31. The molecule has 0 amide bonds. The van der Waals surface area contributed by atoms with Crippen LogP contribution in [0.1, 0.15) is 30.1 Å². The zero-order chi connectivity index (χ0) is 23.3. The van der Waals surface area contributed by atoms with E-state index in [-0.39, 0.29) is 35.4 Å². The van der Waals surface area contributed by atoms with Crippen LogP contribution in [-0.4, -0.2) is 35.1 Å². The molecule has 1 heterocycles. The van der Waals surface area contributed by atoms with Crippen molar-refractivity contribution in [3.63, 3.8) is 0 Å². The van der Waals surface area contributed by atoms with Crippen LogP contribution in [0.2, 0.25) is 0 Å². The van der Waals surface area contributed by atoms with Gasteiger partial charge in [0.15, 0.2) is 5.88 Å². The van der Waals surface area contributed by atoms with E-state index in [1.54, 1.807) is 18.2 Å². The number of aliphatic hydroxyl groups is 1. The van der Waals surface area contributed by atoms with Gasteiger partial charge in [0.05, 0.1) is 23.4 Å². The summed E-state index contributed by atoms with van der Waals surface area (Å²) in [6, 6.07) is 9.70. The van der Waals surface area contributed by atoms with Crippen molar-refractivity contribution in [1.82, 2.24) is 10.3 Å². The van der Waals surface area contributed by atoms with Gasteiger partial charge in [0.1, 0.15) is 12.3 Å². The Morgan fingerprint density at radius 1 is 1.38 bits per heavy atom. The molecule has 2 aromatic rings. The summed E-state index contributed by atoms with van der Waals surface area (Å²) in [7, 11) is 0. The van der Waals surface area contributed by atoms with E-state index in [0.717, 1.165) is 12.8 Å². The van der Waals surface area contributed by atoms with Gasteiger partial charge >= 0.3 is 6.18 Å². The van der Waals surface area contributed by atoms with Crippen molar-refractivity contribution in [2.75, 3.05) is 13.1 Å². The maximum absolute atomic E-state index is 12.8. The fourth-order valence-corrected chi connectivity index (χ4v) is 2.86. The smallest absolute Gasteiger partial charge is 0.405 e. The molecular formula is C22H22F3N5O2. The van der Waals surface area contributed by atoms with E-state index in [0.29, 0.717) is 16.8 Å². The van der Waals surface area contributed by atoms with Crippen LogP contribution in [0.3, 0.4) is 0 Å². The minimum Gasteiger partial charge on any atom is -0.441 e. The highest BCUT2D eigenvalue weighted by Gasteiger charge is 2.29. The molecule has 1 aromatic heterocycles. The molecule has 1 aliphatic carbocycles. The normalized spacial score (nSPS) is 15.1. The first kappa shape index (κ1) is 23.2. The summed E-state index contributed by atoms with van der Waals surface area (Å²) in [5, 5.41) is 29.3. The van der Waals surface area contributed by atoms with Crippen LogP contribution in [0.4, 0.5) is 13.2 Å². The lowest BCUT2D eigenvalue weighted by molar-refractivity contribution is -0.124. The van der Waals surface area contributed by atoms with Crippen molar-refractivity contribution >= 4 is 5.71 Å². The molecule has 0 spiro atoms. The minimum atomic E-state index is -4.48. The number of nitriles is 1. The average Bonchev–Trinajstić information content (AvgIpc) is 3.62. The second-order valence-corrected chi connectivity index (χ2v) is 7.36. The first-order chi connectivity index (χ1) is 15.2. The highest BCUT2D eigenvalue weighted by atomic mass is 19.4. The van der Waals surface area contributed by atoms with Gasteiger partial charge in [-0.3, -0.25) is 4.98 Å². The summed E-state index contributed by atoms with van der Waals surface area (Å²) < 4.78 is 44.1. The van der Waals surface area contributed by atoms with Crippen molar-refractivity contribution < 1.29 is 23.0 Å². The first-order valence-corrected chi connectivity index (χ1v) is 9.87. The van der Waals surface area contributed by atoms with Gasteiger partial charge in [-0.1, -0.05) is 6.07 Å². The summed E-state index contributed by atoms with van der Waals surface area (Å²) in [5.41, 5.74) is 7.22. The van der Waals surface area contributed by atoms with Crippen LogP contribution in [-0.2, 0) is 0 Å². The van der Waals surface area contributed by atoms with Crippen molar-refractivity contribution in [1.29, 1.82) is 10.7 Å². The molecule has 1 aliphatic rings. The number of ether oxygens (including phenoxy) is 1. The first-order valence-electron chi connectivity index (χ1n) is 9.87. The molecule has 1 atom stereocenters. The molecule has 1 saturated carbocycles. The number of alkyl halides is 3. The number of benzene rings is 1. The second kappa shape index (κ2) is 9.80. The lowest BCUT2D eigenvalue weighted by atomic mass is 10.1. The fraction of sp³-hybridized carbons (Fsp3) is 0.318. The predicted molar refractivity (Wildman–Crippen MR) is 112 cm³/mol. The molecule has 5 N–H and O–H groups in total.